The number of nitrogens with one attached hydrogen (secondary N) is 2. The molecular formula is C22H36N2O2. The largest absolute Gasteiger partial charge is 0.348 e. The van der Waals surface area contributed by atoms with E-state index in [4.69, 9.17) is 0 Å². The summed E-state index contributed by atoms with van der Waals surface area (Å²) in [7, 11) is 0. The molecule has 0 bridgehead atoms. The van der Waals surface area contributed by atoms with E-state index in [2.05, 4.69) is 17.6 Å². The van der Waals surface area contributed by atoms with E-state index in [1.165, 1.54) is 56.9 Å². The van der Waals surface area contributed by atoms with Crippen LogP contribution < -0.4 is 10.6 Å². The highest BCUT2D eigenvalue weighted by molar-refractivity contribution is 6.35. The van der Waals surface area contributed by atoms with Crippen LogP contribution in [0.15, 0.2) is 24.3 Å². The molecule has 1 rings (SSSR count). The topological polar surface area (TPSA) is 58.2 Å². The molecule has 4 nitrogen and oxygen atoms in total. The van der Waals surface area contributed by atoms with Crippen molar-refractivity contribution in [2.45, 2.75) is 84.6 Å². The van der Waals surface area contributed by atoms with Gasteiger partial charge in [0.05, 0.1) is 0 Å². The van der Waals surface area contributed by atoms with Crippen molar-refractivity contribution in [3.05, 3.63) is 35.4 Å². The first-order valence-electron chi connectivity index (χ1n) is 10.2. The number of unbranched alkanes of at least 4 members (excludes halogenated alkanes) is 9. The van der Waals surface area contributed by atoms with Gasteiger partial charge in [0, 0.05) is 13.1 Å². The zero-order valence-corrected chi connectivity index (χ0v) is 16.6. The predicted octanol–water partition coefficient (Wildman–Crippen LogP) is 4.65. The highest BCUT2D eigenvalue weighted by Gasteiger charge is 2.11. The fourth-order valence-electron chi connectivity index (χ4n) is 2.86. The summed E-state index contributed by atoms with van der Waals surface area (Å²) in [6, 6.07) is 7.90. The Morgan fingerprint density at radius 1 is 0.731 bits per heavy atom. The van der Waals surface area contributed by atoms with E-state index in [0.29, 0.717) is 13.1 Å². The lowest BCUT2D eigenvalue weighted by atomic mass is 10.1. The molecule has 0 aliphatic heterocycles. The lowest BCUT2D eigenvalue weighted by Gasteiger charge is -2.07. The number of aryl methyl sites for hydroxylation is 1. The first-order valence-corrected chi connectivity index (χ1v) is 10.2. The minimum absolute atomic E-state index is 0.380. The van der Waals surface area contributed by atoms with Gasteiger partial charge < -0.3 is 10.6 Å². The van der Waals surface area contributed by atoms with Gasteiger partial charge in [-0.15, -0.1) is 0 Å². The van der Waals surface area contributed by atoms with Crippen molar-refractivity contribution in [2.24, 2.45) is 0 Å². The molecule has 0 radical (unpaired) electrons. The van der Waals surface area contributed by atoms with E-state index < -0.39 is 11.8 Å². The first-order chi connectivity index (χ1) is 12.6. The second kappa shape index (κ2) is 14.3. The molecular weight excluding hydrogens is 324 g/mol. The average molecular weight is 361 g/mol. The fraction of sp³-hybridized carbons (Fsp3) is 0.636. The van der Waals surface area contributed by atoms with Gasteiger partial charge in [0.25, 0.3) is 0 Å². The quantitative estimate of drug-likeness (QED) is 0.397. The second-order valence-electron chi connectivity index (χ2n) is 7.11. The number of carbonyl (C=O) groups is 2. The van der Waals surface area contributed by atoms with Crippen LogP contribution >= 0.6 is 0 Å². The molecule has 26 heavy (non-hydrogen) atoms. The Hall–Kier alpha value is -1.84. The van der Waals surface area contributed by atoms with Crippen LogP contribution in [0.1, 0.15) is 82.3 Å². The van der Waals surface area contributed by atoms with Crippen LogP contribution in [0.25, 0.3) is 0 Å². The van der Waals surface area contributed by atoms with Crippen molar-refractivity contribution in [1.29, 1.82) is 0 Å². The van der Waals surface area contributed by atoms with E-state index in [1.807, 2.05) is 31.2 Å². The Labute approximate surface area is 159 Å². The molecule has 4 heteroatoms. The molecule has 0 aliphatic rings. The van der Waals surface area contributed by atoms with Gasteiger partial charge in [-0.1, -0.05) is 94.5 Å². The van der Waals surface area contributed by atoms with E-state index in [0.717, 1.165) is 18.4 Å². The molecule has 0 aromatic heterocycles. The SMILES string of the molecule is CCCCCCCCCCCCNC(=O)C(=O)NCc1ccc(C)cc1. The summed E-state index contributed by atoms with van der Waals surface area (Å²) >= 11 is 0. The third-order valence-corrected chi connectivity index (χ3v) is 4.60. The second-order valence-corrected chi connectivity index (χ2v) is 7.11. The van der Waals surface area contributed by atoms with Crippen molar-refractivity contribution in [3.8, 4) is 0 Å². The monoisotopic (exact) mass is 360 g/mol. The van der Waals surface area contributed by atoms with Crippen LogP contribution in [0.5, 0.6) is 0 Å². The Morgan fingerprint density at radius 3 is 1.81 bits per heavy atom. The van der Waals surface area contributed by atoms with Gasteiger partial charge in [-0.05, 0) is 18.9 Å². The van der Waals surface area contributed by atoms with Crippen LogP contribution in [-0.4, -0.2) is 18.4 Å². The number of hydrogen-bond acceptors (Lipinski definition) is 2. The number of carbonyl (C=O) groups excluding carboxylic acids is 2. The number of benzene rings is 1. The molecule has 0 aliphatic carbocycles. The highest BCUT2D eigenvalue weighted by atomic mass is 16.2. The number of amides is 2. The van der Waals surface area contributed by atoms with Crippen LogP contribution in [-0.2, 0) is 16.1 Å². The van der Waals surface area contributed by atoms with Crippen molar-refractivity contribution in [2.75, 3.05) is 6.54 Å². The predicted molar refractivity (Wildman–Crippen MR) is 108 cm³/mol. The summed E-state index contributed by atoms with van der Waals surface area (Å²) in [6.45, 7) is 5.22. The Bertz CT molecular complexity index is 511. The van der Waals surface area contributed by atoms with Crippen LogP contribution in [0.4, 0.5) is 0 Å². The highest BCUT2D eigenvalue weighted by Crippen LogP contribution is 2.10. The van der Waals surface area contributed by atoms with Gasteiger partial charge in [-0.25, -0.2) is 0 Å². The molecule has 0 atom stereocenters. The minimum atomic E-state index is -0.558. The standard InChI is InChI=1S/C22H36N2O2/c1-3-4-5-6-7-8-9-10-11-12-17-23-21(25)22(26)24-18-20-15-13-19(2)14-16-20/h13-16H,3-12,17-18H2,1-2H3,(H,23,25)(H,24,26). The van der Waals surface area contributed by atoms with Gasteiger partial charge in [-0.3, -0.25) is 9.59 Å². The van der Waals surface area contributed by atoms with Gasteiger partial charge >= 0.3 is 11.8 Å². The average Bonchev–Trinajstić information content (AvgIpc) is 2.65. The van der Waals surface area contributed by atoms with Crippen LogP contribution in [0.2, 0.25) is 0 Å². The summed E-state index contributed by atoms with van der Waals surface area (Å²) in [5, 5.41) is 5.36. The molecule has 0 saturated carbocycles. The Kier molecular flexibility index (Phi) is 12.2. The zero-order chi connectivity index (χ0) is 19.0. The van der Waals surface area contributed by atoms with Crippen LogP contribution in [0.3, 0.4) is 0 Å². The lowest BCUT2D eigenvalue weighted by molar-refractivity contribution is -0.139. The van der Waals surface area contributed by atoms with Crippen molar-refractivity contribution in [3.63, 3.8) is 0 Å². The minimum Gasteiger partial charge on any atom is -0.348 e. The Balaban J connectivity index is 1.97. The number of rotatable bonds is 13. The maximum Gasteiger partial charge on any atom is 0.309 e. The third kappa shape index (κ3) is 10.9. The molecule has 146 valence electrons. The maximum atomic E-state index is 11.8. The molecule has 1 aromatic rings. The van der Waals surface area contributed by atoms with Gasteiger partial charge in [0.2, 0.25) is 0 Å². The van der Waals surface area contributed by atoms with Crippen molar-refractivity contribution >= 4 is 11.8 Å². The summed E-state index contributed by atoms with van der Waals surface area (Å²) in [5.74, 6) is -1.09. The van der Waals surface area contributed by atoms with Crippen molar-refractivity contribution in [1.82, 2.24) is 10.6 Å². The third-order valence-electron chi connectivity index (χ3n) is 4.60. The lowest BCUT2D eigenvalue weighted by Crippen LogP contribution is -2.39. The Morgan fingerprint density at radius 2 is 1.23 bits per heavy atom. The number of hydrogen-bond donors (Lipinski definition) is 2. The molecule has 1 aromatic carbocycles. The summed E-state index contributed by atoms with van der Waals surface area (Å²) in [6.07, 6.45) is 12.6. The molecule has 2 N–H and O–H groups in total. The van der Waals surface area contributed by atoms with Gasteiger partial charge in [0.1, 0.15) is 0 Å². The molecule has 0 fully saturated rings. The molecule has 2 amide bonds. The summed E-state index contributed by atoms with van der Waals surface area (Å²) in [4.78, 5) is 23.5. The zero-order valence-electron chi connectivity index (χ0n) is 16.6. The smallest absolute Gasteiger partial charge is 0.309 e. The van der Waals surface area contributed by atoms with E-state index in [1.54, 1.807) is 0 Å². The van der Waals surface area contributed by atoms with Crippen molar-refractivity contribution < 1.29 is 9.59 Å². The fourth-order valence-corrected chi connectivity index (χ4v) is 2.86. The maximum absolute atomic E-state index is 11.8. The van der Waals surface area contributed by atoms with E-state index in [-0.39, 0.29) is 0 Å². The summed E-state index contributed by atoms with van der Waals surface area (Å²) in [5.41, 5.74) is 2.17. The van der Waals surface area contributed by atoms with Gasteiger partial charge in [0.15, 0.2) is 0 Å². The first kappa shape index (κ1) is 22.2. The van der Waals surface area contributed by atoms with Crippen LogP contribution in [0, 0.1) is 6.92 Å². The van der Waals surface area contributed by atoms with E-state index in [9.17, 15) is 9.59 Å². The van der Waals surface area contributed by atoms with E-state index >= 15 is 0 Å². The van der Waals surface area contributed by atoms with Gasteiger partial charge in [-0.2, -0.15) is 0 Å². The molecule has 0 unspecified atom stereocenters. The molecule has 0 saturated heterocycles. The normalized spacial score (nSPS) is 10.5. The molecule has 0 heterocycles. The summed E-state index contributed by atoms with van der Waals surface area (Å²) < 4.78 is 0. The molecule has 0 spiro atoms.